The first-order chi connectivity index (χ1) is 14.7. The summed E-state index contributed by atoms with van der Waals surface area (Å²) < 4.78 is 5.03. The van der Waals surface area contributed by atoms with Crippen LogP contribution in [0, 0.1) is 0 Å². The second-order valence-corrected chi connectivity index (χ2v) is 9.16. The Kier molecular flexibility index (Phi) is 6.69. The number of carbonyl (C=O) groups excluding carboxylic acids is 2. The van der Waals surface area contributed by atoms with Crippen LogP contribution in [0.15, 0.2) is 30.3 Å². The minimum absolute atomic E-state index is 0.0280. The molecule has 7 heteroatoms. The van der Waals surface area contributed by atoms with Gasteiger partial charge in [0.15, 0.2) is 6.54 Å². The molecule has 1 saturated heterocycles. The van der Waals surface area contributed by atoms with E-state index in [1.807, 2.05) is 6.07 Å². The second-order valence-electron chi connectivity index (χ2n) is 8.06. The molecule has 0 radical (unpaired) electrons. The highest BCUT2D eigenvalue weighted by Gasteiger charge is 2.28. The Morgan fingerprint density at radius 2 is 1.83 bits per heavy atom. The lowest BCUT2D eigenvalue weighted by Crippen LogP contribution is -3.15. The largest absolute Gasteiger partial charge is 0.465 e. The van der Waals surface area contributed by atoms with E-state index in [-0.39, 0.29) is 11.9 Å². The summed E-state index contributed by atoms with van der Waals surface area (Å²) >= 11 is 1.56. The molecule has 1 aromatic carbocycles. The zero-order chi connectivity index (χ0) is 20.9. The number of nitrogens with zero attached hydrogens (tertiary/aromatic N) is 1. The summed E-state index contributed by atoms with van der Waals surface area (Å²) in [4.78, 5) is 30.1. The zero-order valence-corrected chi connectivity index (χ0v) is 18.4. The fourth-order valence-electron chi connectivity index (χ4n) is 4.44. The van der Waals surface area contributed by atoms with E-state index in [4.69, 9.17) is 4.74 Å². The number of para-hydroxylation sites is 1. The number of piperazine rings is 1. The average molecular weight is 429 g/mol. The number of fused-ring (bicyclic) bond motifs is 1. The Labute approximate surface area is 181 Å². The SMILES string of the molecule is COC(=O)c1c(NC(=O)C[NH+]2CCN(c3ccccc3)CC2)sc2c1CCCCC2. The van der Waals surface area contributed by atoms with Gasteiger partial charge >= 0.3 is 5.97 Å². The highest BCUT2D eigenvalue weighted by molar-refractivity contribution is 7.17. The molecule has 0 unspecified atom stereocenters. The lowest BCUT2D eigenvalue weighted by Gasteiger charge is -2.33. The van der Waals surface area contributed by atoms with Crippen LogP contribution >= 0.6 is 11.3 Å². The molecule has 0 spiro atoms. The summed E-state index contributed by atoms with van der Waals surface area (Å²) in [6.07, 6.45) is 5.27. The van der Waals surface area contributed by atoms with E-state index < -0.39 is 0 Å². The standard InChI is InChI=1S/C23H29N3O3S/c1-29-23(28)21-18-10-6-3-7-11-19(18)30-22(21)24-20(27)16-25-12-14-26(15-13-25)17-8-4-2-5-9-17/h2,4-5,8-9H,3,6-7,10-16H2,1H3,(H,24,27)/p+1. The van der Waals surface area contributed by atoms with Crippen molar-refractivity contribution in [3.63, 3.8) is 0 Å². The van der Waals surface area contributed by atoms with Crippen LogP contribution in [0.5, 0.6) is 0 Å². The Morgan fingerprint density at radius 1 is 1.10 bits per heavy atom. The minimum Gasteiger partial charge on any atom is -0.465 e. The fraction of sp³-hybridized carbons (Fsp3) is 0.478. The summed E-state index contributed by atoms with van der Waals surface area (Å²) in [6.45, 7) is 4.15. The van der Waals surface area contributed by atoms with Crippen molar-refractivity contribution in [1.29, 1.82) is 0 Å². The number of nitrogens with one attached hydrogen (secondary N) is 2. The molecule has 0 atom stereocenters. The number of esters is 1. The lowest BCUT2D eigenvalue weighted by molar-refractivity contribution is -0.892. The van der Waals surface area contributed by atoms with Crippen molar-refractivity contribution >= 4 is 33.9 Å². The van der Waals surface area contributed by atoms with E-state index in [1.165, 1.54) is 29.0 Å². The molecule has 1 aliphatic carbocycles. The number of ether oxygens (including phenoxy) is 1. The molecular weight excluding hydrogens is 398 g/mol. The van der Waals surface area contributed by atoms with Crippen molar-refractivity contribution in [2.45, 2.75) is 32.1 Å². The Morgan fingerprint density at radius 3 is 2.57 bits per heavy atom. The van der Waals surface area contributed by atoms with Gasteiger partial charge in [0.2, 0.25) is 0 Å². The summed E-state index contributed by atoms with van der Waals surface area (Å²) in [5, 5.41) is 3.71. The van der Waals surface area contributed by atoms with E-state index in [1.54, 1.807) is 11.3 Å². The monoisotopic (exact) mass is 428 g/mol. The Bertz CT molecular complexity index is 889. The lowest BCUT2D eigenvalue weighted by atomic mass is 10.1. The molecule has 1 fully saturated rings. The van der Waals surface area contributed by atoms with E-state index in [0.29, 0.717) is 17.1 Å². The maximum atomic E-state index is 12.8. The molecule has 2 aromatic rings. The van der Waals surface area contributed by atoms with Crippen molar-refractivity contribution < 1.29 is 19.2 Å². The number of amides is 1. The van der Waals surface area contributed by atoms with Gasteiger partial charge in [0, 0.05) is 10.6 Å². The number of rotatable bonds is 5. The molecule has 6 nitrogen and oxygen atoms in total. The highest BCUT2D eigenvalue weighted by atomic mass is 32.1. The van der Waals surface area contributed by atoms with Gasteiger partial charge in [-0.2, -0.15) is 0 Å². The summed E-state index contributed by atoms with van der Waals surface area (Å²) in [5.41, 5.74) is 2.91. The van der Waals surface area contributed by atoms with Crippen molar-refractivity contribution in [2.24, 2.45) is 0 Å². The predicted octanol–water partition coefficient (Wildman–Crippen LogP) is 2.15. The van der Waals surface area contributed by atoms with Gasteiger partial charge in [0.25, 0.3) is 5.91 Å². The summed E-state index contributed by atoms with van der Waals surface area (Å²) in [7, 11) is 1.41. The fourth-order valence-corrected chi connectivity index (χ4v) is 5.74. The molecule has 2 heterocycles. The minimum atomic E-state index is -0.339. The van der Waals surface area contributed by atoms with Crippen molar-refractivity contribution in [1.82, 2.24) is 0 Å². The van der Waals surface area contributed by atoms with Gasteiger partial charge in [-0.15, -0.1) is 11.3 Å². The van der Waals surface area contributed by atoms with Crippen LogP contribution in [0.3, 0.4) is 0 Å². The topological polar surface area (TPSA) is 63.1 Å². The maximum Gasteiger partial charge on any atom is 0.341 e. The normalized spacial score (nSPS) is 17.2. The first-order valence-electron chi connectivity index (χ1n) is 10.8. The van der Waals surface area contributed by atoms with Crippen LogP contribution in [-0.2, 0) is 22.4 Å². The molecule has 1 aromatic heterocycles. The number of anilines is 2. The average Bonchev–Trinajstić information content (AvgIpc) is 2.94. The van der Waals surface area contributed by atoms with E-state index >= 15 is 0 Å². The number of hydrogen-bond acceptors (Lipinski definition) is 5. The maximum absolute atomic E-state index is 12.8. The molecule has 0 saturated carbocycles. The van der Waals surface area contributed by atoms with Gasteiger partial charge in [0.1, 0.15) is 5.00 Å². The predicted molar refractivity (Wildman–Crippen MR) is 120 cm³/mol. The molecule has 0 bridgehead atoms. The summed E-state index contributed by atoms with van der Waals surface area (Å²) in [5.74, 6) is -0.367. The van der Waals surface area contributed by atoms with Crippen LogP contribution in [0.4, 0.5) is 10.7 Å². The molecule has 1 amide bonds. The number of benzene rings is 1. The number of thiophene rings is 1. The Balaban J connectivity index is 1.38. The molecule has 4 rings (SSSR count). The number of quaternary nitrogens is 1. The smallest absolute Gasteiger partial charge is 0.341 e. The van der Waals surface area contributed by atoms with Gasteiger partial charge in [-0.25, -0.2) is 4.79 Å². The van der Waals surface area contributed by atoms with Gasteiger partial charge in [-0.1, -0.05) is 24.6 Å². The molecule has 2 aliphatic rings. The second kappa shape index (κ2) is 9.62. The Hall–Kier alpha value is -2.38. The van der Waals surface area contributed by atoms with Crippen molar-refractivity contribution in [2.75, 3.05) is 50.1 Å². The number of carbonyl (C=O) groups is 2. The molecule has 30 heavy (non-hydrogen) atoms. The van der Waals surface area contributed by atoms with Gasteiger partial charge < -0.3 is 19.9 Å². The van der Waals surface area contributed by atoms with Gasteiger partial charge in [0.05, 0.1) is 38.9 Å². The first kappa shape index (κ1) is 20.9. The molecule has 1 aliphatic heterocycles. The van der Waals surface area contributed by atoms with Gasteiger partial charge in [-0.05, 0) is 43.4 Å². The summed E-state index contributed by atoms with van der Waals surface area (Å²) in [6, 6.07) is 10.4. The molecule has 160 valence electrons. The van der Waals surface area contributed by atoms with E-state index in [2.05, 4.69) is 34.5 Å². The van der Waals surface area contributed by atoms with Crippen molar-refractivity contribution in [3.8, 4) is 0 Å². The van der Waals surface area contributed by atoms with Crippen LogP contribution in [0.25, 0.3) is 0 Å². The third-order valence-corrected chi connectivity index (χ3v) is 7.27. The number of hydrogen-bond donors (Lipinski definition) is 2. The van der Waals surface area contributed by atoms with Crippen LogP contribution < -0.4 is 15.1 Å². The van der Waals surface area contributed by atoms with Crippen LogP contribution in [-0.4, -0.2) is 51.7 Å². The van der Waals surface area contributed by atoms with Crippen LogP contribution in [0.1, 0.15) is 40.1 Å². The van der Waals surface area contributed by atoms with E-state index in [9.17, 15) is 9.59 Å². The quantitative estimate of drug-likeness (QED) is 0.566. The highest BCUT2D eigenvalue weighted by Crippen LogP contribution is 2.37. The third kappa shape index (κ3) is 4.68. The molecular formula is C23H30N3O3S+. The van der Waals surface area contributed by atoms with Crippen molar-refractivity contribution in [3.05, 3.63) is 46.3 Å². The third-order valence-electron chi connectivity index (χ3n) is 6.07. The van der Waals surface area contributed by atoms with Crippen LogP contribution in [0.2, 0.25) is 0 Å². The number of aryl methyl sites for hydroxylation is 1. The number of methoxy groups -OCH3 is 1. The first-order valence-corrected chi connectivity index (χ1v) is 11.6. The van der Waals surface area contributed by atoms with Gasteiger partial charge in [-0.3, -0.25) is 4.79 Å². The van der Waals surface area contributed by atoms with E-state index in [0.717, 1.165) is 57.4 Å². The molecule has 2 N–H and O–H groups in total. The zero-order valence-electron chi connectivity index (χ0n) is 17.5.